The second-order valence-electron chi connectivity index (χ2n) is 6.62. The number of hydrogen-bond donors (Lipinski definition) is 1. The molecule has 2 heterocycles. The van der Waals surface area contributed by atoms with Crippen LogP contribution in [0.1, 0.15) is 0 Å². The maximum absolute atomic E-state index is 14.1. The van der Waals surface area contributed by atoms with E-state index in [1.807, 2.05) is 24.3 Å². The number of fused-ring (bicyclic) bond motifs is 1. The van der Waals surface area contributed by atoms with Gasteiger partial charge in [-0.2, -0.15) is 0 Å². The number of rotatable bonds is 5. The Morgan fingerprint density at radius 1 is 1.20 bits per heavy atom. The molecule has 1 unspecified atom stereocenters. The molecule has 6 nitrogen and oxygen atoms in total. The van der Waals surface area contributed by atoms with Gasteiger partial charge >= 0.3 is 0 Å². The van der Waals surface area contributed by atoms with E-state index in [-0.39, 0.29) is 18.4 Å². The van der Waals surface area contributed by atoms with E-state index in [9.17, 15) is 17.6 Å². The molecule has 138 valence electrons. The van der Waals surface area contributed by atoms with E-state index in [1.165, 1.54) is 4.90 Å². The van der Waals surface area contributed by atoms with E-state index in [0.29, 0.717) is 13.1 Å². The lowest BCUT2D eigenvalue weighted by Gasteiger charge is -2.24. The van der Waals surface area contributed by atoms with E-state index < -0.39 is 27.0 Å². The molecule has 3 atom stereocenters. The van der Waals surface area contributed by atoms with Gasteiger partial charge in [0.15, 0.2) is 9.84 Å². The Labute approximate surface area is 155 Å². The van der Waals surface area contributed by atoms with Crippen molar-refractivity contribution < 1.29 is 17.6 Å². The molecule has 25 heavy (non-hydrogen) atoms. The quantitative estimate of drug-likeness (QED) is 0.748. The van der Waals surface area contributed by atoms with Crippen LogP contribution in [-0.4, -0.2) is 63.2 Å². The van der Waals surface area contributed by atoms with E-state index in [1.54, 1.807) is 0 Å². The summed E-state index contributed by atoms with van der Waals surface area (Å²) in [4.78, 5) is 15.8. The number of carbonyl (C=O) groups excluding carboxylic acids is 1. The molecule has 0 aromatic heterocycles. The van der Waals surface area contributed by atoms with E-state index >= 15 is 0 Å². The zero-order valence-electron chi connectivity index (χ0n) is 13.6. The molecule has 0 spiro atoms. The van der Waals surface area contributed by atoms with Crippen molar-refractivity contribution in [2.75, 3.05) is 43.4 Å². The predicted molar refractivity (Wildman–Crippen MR) is 97.7 cm³/mol. The van der Waals surface area contributed by atoms with Gasteiger partial charge in [0.2, 0.25) is 0 Å². The van der Waals surface area contributed by atoms with E-state index in [0.717, 1.165) is 23.2 Å². The van der Waals surface area contributed by atoms with E-state index in [4.69, 9.17) is 5.73 Å². The lowest BCUT2D eigenvalue weighted by molar-refractivity contribution is -0.132. The van der Waals surface area contributed by atoms with Crippen molar-refractivity contribution in [1.82, 2.24) is 4.90 Å². The van der Waals surface area contributed by atoms with E-state index in [2.05, 4.69) is 20.8 Å². The van der Waals surface area contributed by atoms with Crippen molar-refractivity contribution in [3.63, 3.8) is 0 Å². The number of nitrogens with zero attached hydrogens (tertiary/aromatic N) is 2. The Morgan fingerprint density at radius 3 is 2.28 bits per heavy atom. The molecule has 1 amide bonds. The highest BCUT2D eigenvalue weighted by atomic mass is 79.9. The van der Waals surface area contributed by atoms with Crippen LogP contribution in [0.2, 0.25) is 0 Å². The Bertz CT molecular complexity index is 729. The average Bonchev–Trinajstić information content (AvgIpc) is 3.13. The predicted octanol–water partition coefficient (Wildman–Crippen LogP) is 1.01. The average molecular weight is 434 g/mol. The van der Waals surface area contributed by atoms with Gasteiger partial charge in [-0.3, -0.25) is 4.79 Å². The summed E-state index contributed by atoms with van der Waals surface area (Å²) in [5.74, 6) is -0.995. The van der Waals surface area contributed by atoms with Gasteiger partial charge in [0.1, 0.15) is 0 Å². The van der Waals surface area contributed by atoms with Gasteiger partial charge in [-0.1, -0.05) is 15.9 Å². The highest BCUT2D eigenvalue weighted by molar-refractivity contribution is 9.10. The van der Waals surface area contributed by atoms with Gasteiger partial charge in [-0.15, -0.1) is 0 Å². The molecular formula is C16H21BrFN3O3S. The fourth-order valence-electron chi connectivity index (χ4n) is 3.60. The first kappa shape index (κ1) is 18.6. The Balaban J connectivity index is 1.61. The normalized spacial score (nSPS) is 24.4. The molecule has 9 heteroatoms. The van der Waals surface area contributed by atoms with Gasteiger partial charge in [0, 0.05) is 54.7 Å². The van der Waals surface area contributed by atoms with Crippen molar-refractivity contribution >= 4 is 37.4 Å². The monoisotopic (exact) mass is 433 g/mol. The number of nitrogens with two attached hydrogens (primary N) is 1. The third-order valence-corrected chi connectivity index (χ3v) is 7.07. The van der Waals surface area contributed by atoms with Crippen LogP contribution in [0, 0.1) is 11.8 Å². The Morgan fingerprint density at radius 2 is 1.76 bits per heavy atom. The number of carbonyl (C=O) groups is 1. The zero-order chi connectivity index (χ0) is 18.2. The summed E-state index contributed by atoms with van der Waals surface area (Å²) in [6.07, 6.45) is 0. The molecule has 1 aromatic rings. The van der Waals surface area contributed by atoms with Crippen molar-refractivity contribution in [2.45, 2.75) is 5.50 Å². The molecule has 1 aromatic carbocycles. The highest BCUT2D eigenvalue weighted by Crippen LogP contribution is 2.34. The topological polar surface area (TPSA) is 83.7 Å². The van der Waals surface area contributed by atoms with Gasteiger partial charge in [-0.25, -0.2) is 12.8 Å². The first-order chi connectivity index (χ1) is 11.8. The molecule has 0 aliphatic carbocycles. The Hall–Kier alpha value is -1.19. The zero-order valence-corrected chi connectivity index (χ0v) is 16.0. The van der Waals surface area contributed by atoms with Gasteiger partial charge in [-0.05, 0) is 24.3 Å². The third kappa shape index (κ3) is 3.83. The summed E-state index contributed by atoms with van der Waals surface area (Å²) in [7, 11) is -4.13. The summed E-state index contributed by atoms with van der Waals surface area (Å²) in [5.41, 5.74) is 3.79. The van der Waals surface area contributed by atoms with Crippen LogP contribution in [0.25, 0.3) is 0 Å². The smallest absolute Gasteiger partial charge is 0.278 e. The van der Waals surface area contributed by atoms with Crippen LogP contribution in [0.3, 0.4) is 0 Å². The minimum Gasteiger partial charge on any atom is -0.371 e. The van der Waals surface area contributed by atoms with Crippen molar-refractivity contribution in [2.24, 2.45) is 17.6 Å². The number of likely N-dealkylation sites (tertiary alicyclic amines) is 1. The number of benzene rings is 1. The minimum absolute atomic E-state index is 0.191. The summed E-state index contributed by atoms with van der Waals surface area (Å²) >= 11 is 3.41. The van der Waals surface area contributed by atoms with Crippen LogP contribution < -0.4 is 10.6 Å². The second kappa shape index (κ2) is 7.20. The Kier molecular flexibility index (Phi) is 5.36. The number of hydrogen-bond acceptors (Lipinski definition) is 5. The number of halogens is 2. The number of sulfone groups is 1. The maximum atomic E-state index is 14.1. The molecule has 2 fully saturated rings. The number of amides is 1. The van der Waals surface area contributed by atoms with Crippen LogP contribution in [0.5, 0.6) is 0 Å². The highest BCUT2D eigenvalue weighted by Gasteiger charge is 2.45. The van der Waals surface area contributed by atoms with Gasteiger partial charge < -0.3 is 15.5 Å². The fourth-order valence-corrected chi connectivity index (χ4v) is 4.86. The molecule has 2 N–H and O–H groups in total. The van der Waals surface area contributed by atoms with Crippen LogP contribution >= 0.6 is 15.9 Å². The molecule has 2 aliphatic heterocycles. The lowest BCUT2D eigenvalue weighted by Crippen LogP contribution is -2.42. The summed E-state index contributed by atoms with van der Waals surface area (Å²) < 4.78 is 38.6. The molecular weight excluding hydrogens is 413 g/mol. The standard InChI is InChI=1S/C16H21BrFN3O3S/c17-13-1-3-14(4-2-13)20-7-11-9-21(10-12(11)8-20)16(22)15(18)25(23,24)6-5-19/h1-4,11-12,15H,5-10,19H2/t11-,12+,15?. The van der Waals surface area contributed by atoms with Gasteiger partial charge in [0.05, 0.1) is 5.75 Å². The lowest BCUT2D eigenvalue weighted by atomic mass is 10.0. The third-order valence-electron chi connectivity index (χ3n) is 4.90. The van der Waals surface area contributed by atoms with Crippen LogP contribution in [-0.2, 0) is 14.6 Å². The second-order valence-corrected chi connectivity index (χ2v) is 9.68. The molecule has 2 saturated heterocycles. The van der Waals surface area contributed by atoms with Crippen molar-refractivity contribution in [3.8, 4) is 0 Å². The first-order valence-corrected chi connectivity index (χ1v) is 10.7. The number of alkyl halides is 1. The van der Waals surface area contributed by atoms with Crippen LogP contribution in [0.4, 0.5) is 10.1 Å². The molecule has 0 radical (unpaired) electrons. The largest absolute Gasteiger partial charge is 0.371 e. The summed E-state index contributed by atoms with van der Waals surface area (Å²) in [6.45, 7) is 2.17. The summed E-state index contributed by atoms with van der Waals surface area (Å²) in [5, 5.41) is 0. The summed E-state index contributed by atoms with van der Waals surface area (Å²) in [6, 6.07) is 8.03. The maximum Gasteiger partial charge on any atom is 0.278 e. The molecule has 3 rings (SSSR count). The van der Waals surface area contributed by atoms with Gasteiger partial charge in [0.25, 0.3) is 11.4 Å². The molecule has 2 aliphatic rings. The van der Waals surface area contributed by atoms with Crippen molar-refractivity contribution in [1.29, 1.82) is 0 Å². The SMILES string of the molecule is NCCS(=O)(=O)C(F)C(=O)N1C[C@@H]2CN(c3ccc(Br)cc3)C[C@@H]2C1. The van der Waals surface area contributed by atoms with Crippen molar-refractivity contribution in [3.05, 3.63) is 28.7 Å². The number of anilines is 1. The molecule has 0 bridgehead atoms. The minimum atomic E-state index is -4.13. The van der Waals surface area contributed by atoms with Crippen LogP contribution in [0.15, 0.2) is 28.7 Å². The fraction of sp³-hybridized carbons (Fsp3) is 0.562. The first-order valence-electron chi connectivity index (χ1n) is 8.17. The molecule has 0 saturated carbocycles.